The zero-order chi connectivity index (χ0) is 30.5. The molecule has 0 fully saturated rings. The fraction of sp³-hybridized carbons (Fsp3) is 0.429. The van der Waals surface area contributed by atoms with E-state index in [0.29, 0.717) is 24.5 Å². The van der Waals surface area contributed by atoms with Crippen molar-refractivity contribution >= 4 is 41.3 Å². The fourth-order valence-corrected chi connectivity index (χ4v) is 3.81. The lowest BCUT2D eigenvalue weighted by molar-refractivity contribution is -0.137. The lowest BCUT2D eigenvalue weighted by Crippen LogP contribution is -2.54. The molecule has 2 atom stereocenters. The van der Waals surface area contributed by atoms with E-state index in [2.05, 4.69) is 27.8 Å². The molecule has 0 spiro atoms. The molecule has 1 aliphatic heterocycles. The van der Waals surface area contributed by atoms with Crippen LogP contribution < -0.4 is 27.0 Å². The van der Waals surface area contributed by atoms with Gasteiger partial charge in [-0.1, -0.05) is 32.6 Å². The van der Waals surface area contributed by atoms with Crippen molar-refractivity contribution in [3.05, 3.63) is 54.3 Å². The van der Waals surface area contributed by atoms with Crippen molar-refractivity contribution in [1.82, 2.24) is 20.9 Å². The summed E-state index contributed by atoms with van der Waals surface area (Å²) in [4.78, 5) is 74.3. The van der Waals surface area contributed by atoms with Crippen LogP contribution in [0.1, 0.15) is 45.6 Å². The topological polar surface area (TPSA) is 189 Å². The van der Waals surface area contributed by atoms with Gasteiger partial charge in [0.1, 0.15) is 18.7 Å². The summed E-state index contributed by atoms with van der Waals surface area (Å²) < 4.78 is 5.39. The SMILES string of the molecule is C=C(C)OCc1ccc(NC(=O)[C@H](CCCNC(N)=O)NC(=O)[C@@H](NC(=O)CCN2C(=O)C=CC2=O)C(C)C)cc1. The molecule has 1 aliphatic rings. The number of amides is 7. The molecule has 2 rings (SSSR count). The number of allylic oxidation sites excluding steroid dienone is 1. The Balaban J connectivity index is 2.04. The molecule has 0 aromatic heterocycles. The zero-order valence-corrected chi connectivity index (χ0v) is 23.5. The molecule has 13 nitrogen and oxygen atoms in total. The Hall–Kier alpha value is -4.68. The minimum atomic E-state index is -0.993. The van der Waals surface area contributed by atoms with Crippen molar-refractivity contribution in [1.29, 1.82) is 0 Å². The van der Waals surface area contributed by atoms with Crippen molar-refractivity contribution < 1.29 is 33.5 Å². The Bertz CT molecular complexity index is 1160. The number of carbonyl (C=O) groups is 6. The average molecular weight is 571 g/mol. The summed E-state index contributed by atoms with van der Waals surface area (Å²) in [6.07, 6.45) is 2.57. The van der Waals surface area contributed by atoms with E-state index in [1.54, 1.807) is 45.0 Å². The number of nitrogens with two attached hydrogens (primary N) is 1. The van der Waals surface area contributed by atoms with Crippen molar-refractivity contribution in [3.8, 4) is 0 Å². The van der Waals surface area contributed by atoms with Crippen LogP contribution in [0.5, 0.6) is 0 Å². The number of nitrogens with one attached hydrogen (secondary N) is 4. The first-order valence-electron chi connectivity index (χ1n) is 13.2. The number of hydrogen-bond acceptors (Lipinski definition) is 7. The summed E-state index contributed by atoms with van der Waals surface area (Å²) in [5.41, 5.74) is 6.48. The van der Waals surface area contributed by atoms with Gasteiger partial charge in [-0.15, -0.1) is 0 Å². The Morgan fingerprint density at radius 2 is 1.63 bits per heavy atom. The third-order valence-electron chi connectivity index (χ3n) is 6.04. The molecule has 0 aliphatic carbocycles. The monoisotopic (exact) mass is 570 g/mol. The number of imide groups is 1. The van der Waals surface area contributed by atoms with Crippen LogP contribution in [0.15, 0.2) is 48.8 Å². The van der Waals surface area contributed by atoms with E-state index >= 15 is 0 Å². The zero-order valence-electron chi connectivity index (χ0n) is 23.5. The summed E-state index contributed by atoms with van der Waals surface area (Å²) in [6.45, 7) is 9.29. The maximum absolute atomic E-state index is 13.2. The number of carbonyl (C=O) groups excluding carboxylic acids is 6. The lowest BCUT2D eigenvalue weighted by Gasteiger charge is -2.25. The van der Waals surface area contributed by atoms with E-state index in [9.17, 15) is 28.8 Å². The highest BCUT2D eigenvalue weighted by Gasteiger charge is 2.30. The van der Waals surface area contributed by atoms with Gasteiger partial charge in [0.05, 0.1) is 5.76 Å². The van der Waals surface area contributed by atoms with Crippen molar-refractivity contribution in [2.24, 2.45) is 11.7 Å². The molecule has 6 N–H and O–H groups in total. The van der Waals surface area contributed by atoms with E-state index in [0.717, 1.165) is 22.6 Å². The van der Waals surface area contributed by atoms with Gasteiger partial charge in [0.15, 0.2) is 0 Å². The number of primary amides is 1. The number of ether oxygens (including phenoxy) is 1. The van der Waals surface area contributed by atoms with Crippen LogP contribution >= 0.6 is 0 Å². The smallest absolute Gasteiger partial charge is 0.312 e. The van der Waals surface area contributed by atoms with E-state index in [1.165, 1.54) is 0 Å². The molecule has 1 aromatic carbocycles. The first-order chi connectivity index (χ1) is 19.4. The molecule has 0 saturated carbocycles. The Morgan fingerprint density at radius 3 is 2.20 bits per heavy atom. The fourth-order valence-electron chi connectivity index (χ4n) is 3.81. The van der Waals surface area contributed by atoms with Crippen LogP contribution in [0, 0.1) is 5.92 Å². The highest BCUT2D eigenvalue weighted by atomic mass is 16.5. The number of hydrogen-bond donors (Lipinski definition) is 5. The van der Waals surface area contributed by atoms with Crippen LogP contribution in [0.4, 0.5) is 10.5 Å². The van der Waals surface area contributed by atoms with Gasteiger partial charge in [-0.2, -0.15) is 0 Å². The largest absolute Gasteiger partial charge is 0.494 e. The number of nitrogens with zero attached hydrogens (tertiary/aromatic N) is 1. The Morgan fingerprint density at radius 1 is 1.00 bits per heavy atom. The van der Waals surface area contributed by atoms with Crippen LogP contribution in [-0.2, 0) is 35.3 Å². The second-order valence-corrected chi connectivity index (χ2v) is 9.87. The Kier molecular flexibility index (Phi) is 12.5. The van der Waals surface area contributed by atoms with Gasteiger partial charge in [0.25, 0.3) is 11.8 Å². The summed E-state index contributed by atoms with van der Waals surface area (Å²) in [6, 6.07) is 4.28. The maximum Gasteiger partial charge on any atom is 0.312 e. The number of benzene rings is 1. The lowest BCUT2D eigenvalue weighted by atomic mass is 10.0. The van der Waals surface area contributed by atoms with Crippen molar-refractivity contribution in [2.75, 3.05) is 18.4 Å². The number of urea groups is 1. The number of rotatable bonds is 16. The van der Waals surface area contributed by atoms with Gasteiger partial charge in [-0.25, -0.2) is 4.79 Å². The predicted molar refractivity (Wildman–Crippen MR) is 151 cm³/mol. The predicted octanol–water partition coefficient (Wildman–Crippen LogP) is 1.06. The van der Waals surface area contributed by atoms with Crippen LogP contribution in [0.3, 0.4) is 0 Å². The second-order valence-electron chi connectivity index (χ2n) is 9.87. The van der Waals surface area contributed by atoms with E-state index < -0.39 is 47.7 Å². The molecule has 13 heteroatoms. The summed E-state index contributed by atoms with van der Waals surface area (Å²) in [5.74, 6) is -2.38. The standard InChI is InChI=1S/C28H38N6O7/c1-17(2)25(33-22(35)13-15-34-23(36)11-12-24(34)37)27(39)32-21(6-5-14-30-28(29)40)26(38)31-20-9-7-19(8-10-20)16-41-18(3)4/h7-12,17,21,25H,3,5-6,13-16H2,1-2,4H3,(H,31,38)(H,32,39)(H,33,35)(H3,29,30,40)/t21-,25-/m0/s1. The quantitative estimate of drug-likeness (QED) is 0.112. The first-order valence-corrected chi connectivity index (χ1v) is 13.2. The molecule has 41 heavy (non-hydrogen) atoms. The van der Waals surface area contributed by atoms with Crippen LogP contribution in [0.2, 0.25) is 0 Å². The summed E-state index contributed by atoms with van der Waals surface area (Å²) in [7, 11) is 0. The minimum absolute atomic E-state index is 0.126. The third-order valence-corrected chi connectivity index (χ3v) is 6.04. The van der Waals surface area contributed by atoms with Crippen molar-refractivity contribution in [3.63, 3.8) is 0 Å². The van der Waals surface area contributed by atoms with Gasteiger partial charge < -0.3 is 31.7 Å². The van der Waals surface area contributed by atoms with Gasteiger partial charge in [0.2, 0.25) is 17.7 Å². The van der Waals surface area contributed by atoms with Gasteiger partial charge in [-0.05, 0) is 43.4 Å². The molecule has 0 saturated heterocycles. The summed E-state index contributed by atoms with van der Waals surface area (Å²) in [5, 5.41) is 10.5. The average Bonchev–Trinajstić information content (AvgIpc) is 3.23. The van der Waals surface area contributed by atoms with Gasteiger partial charge in [0, 0.05) is 37.3 Å². The second kappa shape index (κ2) is 15.8. The first kappa shape index (κ1) is 32.5. The van der Waals surface area contributed by atoms with Crippen LogP contribution in [0.25, 0.3) is 0 Å². The third kappa shape index (κ3) is 11.1. The molecule has 1 aromatic rings. The molecular formula is C28H38N6O7. The summed E-state index contributed by atoms with van der Waals surface area (Å²) >= 11 is 0. The van der Waals surface area contributed by atoms with Crippen LogP contribution in [-0.4, -0.2) is 65.6 Å². The normalized spacial score (nSPS) is 13.9. The van der Waals surface area contributed by atoms with Crippen molar-refractivity contribution in [2.45, 2.75) is 58.7 Å². The van der Waals surface area contributed by atoms with Gasteiger partial charge >= 0.3 is 6.03 Å². The van der Waals surface area contributed by atoms with E-state index in [1.807, 2.05) is 0 Å². The van der Waals surface area contributed by atoms with E-state index in [-0.39, 0.29) is 31.8 Å². The highest BCUT2D eigenvalue weighted by molar-refractivity contribution is 6.13. The molecule has 7 amide bonds. The molecule has 1 heterocycles. The van der Waals surface area contributed by atoms with E-state index in [4.69, 9.17) is 10.5 Å². The van der Waals surface area contributed by atoms with Gasteiger partial charge in [-0.3, -0.25) is 28.9 Å². The molecule has 0 unspecified atom stereocenters. The maximum atomic E-state index is 13.2. The highest BCUT2D eigenvalue weighted by Crippen LogP contribution is 2.13. The molecule has 222 valence electrons. The molecule has 0 bridgehead atoms. The Labute approximate surface area is 238 Å². The minimum Gasteiger partial charge on any atom is -0.494 e. The molecule has 0 radical (unpaired) electrons. The molecular weight excluding hydrogens is 532 g/mol. The number of anilines is 1.